The zero-order valence-electron chi connectivity index (χ0n) is 15.9. The first kappa shape index (κ1) is 19.8. The molecule has 2 atom stereocenters. The molecule has 0 bridgehead atoms. The molecule has 0 saturated carbocycles. The van der Waals surface area contributed by atoms with Gasteiger partial charge in [0.15, 0.2) is 5.13 Å². The first-order valence-corrected chi connectivity index (χ1v) is 12.4. The summed E-state index contributed by atoms with van der Waals surface area (Å²) < 4.78 is 32.6. The second kappa shape index (κ2) is 8.06. The van der Waals surface area contributed by atoms with Gasteiger partial charge in [0, 0.05) is 13.2 Å². The Balaban J connectivity index is 1.68. The Morgan fingerprint density at radius 1 is 1.29 bits per heavy atom. The molecule has 2 aliphatic rings. The van der Waals surface area contributed by atoms with Crippen molar-refractivity contribution in [3.05, 3.63) is 24.3 Å². The maximum Gasteiger partial charge on any atom is 0.247 e. The number of nitrogens with zero attached hydrogens (tertiary/aromatic N) is 3. The van der Waals surface area contributed by atoms with Gasteiger partial charge in [0.25, 0.3) is 0 Å². The standard InChI is InChI=1S/C19H25N3O4S2/c1-28(24,25)22-11-5-4-9-16(22)18(23)21(13-14-7-6-12-26-14)19-20-15-8-2-3-10-17(15)27-19/h2-3,8,10,14,16H,4-7,9,11-13H2,1H3. The quantitative estimate of drug-likeness (QED) is 0.739. The number of rotatable bonds is 5. The Morgan fingerprint density at radius 2 is 2.11 bits per heavy atom. The lowest BCUT2D eigenvalue weighted by molar-refractivity contribution is -0.123. The minimum absolute atomic E-state index is 0.0359. The van der Waals surface area contributed by atoms with Gasteiger partial charge in [0.2, 0.25) is 15.9 Å². The van der Waals surface area contributed by atoms with Crippen LogP contribution in [0.15, 0.2) is 24.3 Å². The third-order valence-electron chi connectivity index (χ3n) is 5.35. The summed E-state index contributed by atoms with van der Waals surface area (Å²) in [6, 6.07) is 7.10. The molecule has 2 saturated heterocycles. The topological polar surface area (TPSA) is 79.8 Å². The average molecular weight is 424 g/mol. The molecular formula is C19H25N3O4S2. The molecule has 28 heavy (non-hydrogen) atoms. The van der Waals surface area contributed by atoms with E-state index in [4.69, 9.17) is 4.74 Å². The first-order valence-electron chi connectivity index (χ1n) is 9.69. The summed E-state index contributed by atoms with van der Waals surface area (Å²) in [6.07, 6.45) is 5.19. The van der Waals surface area contributed by atoms with Gasteiger partial charge in [-0.25, -0.2) is 13.4 Å². The predicted octanol–water partition coefficient (Wildman–Crippen LogP) is 2.62. The lowest BCUT2D eigenvalue weighted by Gasteiger charge is -2.35. The van der Waals surface area contributed by atoms with Crippen LogP contribution in [-0.4, -0.2) is 61.7 Å². The van der Waals surface area contributed by atoms with Crippen LogP contribution < -0.4 is 4.90 Å². The molecule has 1 aromatic heterocycles. The van der Waals surface area contributed by atoms with Crippen molar-refractivity contribution < 1.29 is 17.9 Å². The number of thiazole rings is 1. The maximum absolute atomic E-state index is 13.6. The van der Waals surface area contributed by atoms with E-state index in [9.17, 15) is 13.2 Å². The number of aromatic nitrogens is 1. The van der Waals surface area contributed by atoms with Gasteiger partial charge in [-0.1, -0.05) is 29.9 Å². The summed E-state index contributed by atoms with van der Waals surface area (Å²) in [6.45, 7) is 1.50. The van der Waals surface area contributed by atoms with Crippen LogP contribution >= 0.6 is 11.3 Å². The van der Waals surface area contributed by atoms with E-state index in [0.29, 0.717) is 31.2 Å². The van der Waals surface area contributed by atoms with E-state index < -0.39 is 16.1 Å². The van der Waals surface area contributed by atoms with Gasteiger partial charge in [-0.15, -0.1) is 0 Å². The number of ether oxygens (including phenoxy) is 1. The van der Waals surface area contributed by atoms with Crippen LogP contribution in [0.1, 0.15) is 32.1 Å². The predicted molar refractivity (Wildman–Crippen MR) is 110 cm³/mol. The lowest BCUT2D eigenvalue weighted by atomic mass is 10.0. The summed E-state index contributed by atoms with van der Waals surface area (Å²) in [5.41, 5.74) is 0.844. The Morgan fingerprint density at radius 3 is 2.82 bits per heavy atom. The van der Waals surface area contributed by atoms with E-state index in [0.717, 1.165) is 35.9 Å². The fourth-order valence-electron chi connectivity index (χ4n) is 3.96. The normalized spacial score (nSPS) is 23.9. The smallest absolute Gasteiger partial charge is 0.247 e. The average Bonchev–Trinajstić information content (AvgIpc) is 3.34. The maximum atomic E-state index is 13.6. The van der Waals surface area contributed by atoms with Crippen LogP contribution in [-0.2, 0) is 19.6 Å². The van der Waals surface area contributed by atoms with Crippen molar-refractivity contribution in [3.63, 3.8) is 0 Å². The second-order valence-corrected chi connectivity index (χ2v) is 10.4. The van der Waals surface area contributed by atoms with Gasteiger partial charge in [0.05, 0.1) is 29.1 Å². The molecule has 2 unspecified atom stereocenters. The van der Waals surface area contributed by atoms with E-state index in [1.165, 1.54) is 21.9 Å². The molecular weight excluding hydrogens is 398 g/mol. The molecule has 9 heteroatoms. The zero-order chi connectivity index (χ0) is 19.7. The molecule has 4 rings (SSSR count). The molecule has 1 amide bonds. The largest absolute Gasteiger partial charge is 0.376 e. The number of carbonyl (C=O) groups is 1. The van der Waals surface area contributed by atoms with Crippen LogP contribution in [0, 0.1) is 0 Å². The third-order valence-corrected chi connectivity index (χ3v) is 7.70. The summed E-state index contributed by atoms with van der Waals surface area (Å²) in [5.74, 6) is -0.195. The molecule has 152 valence electrons. The fraction of sp³-hybridized carbons (Fsp3) is 0.579. The molecule has 2 fully saturated rings. The Hall–Kier alpha value is -1.55. The van der Waals surface area contributed by atoms with Gasteiger partial charge in [-0.05, 0) is 37.8 Å². The highest BCUT2D eigenvalue weighted by atomic mass is 32.2. The summed E-state index contributed by atoms with van der Waals surface area (Å²) in [7, 11) is -3.45. The minimum Gasteiger partial charge on any atom is -0.376 e. The van der Waals surface area contributed by atoms with Crippen LogP contribution in [0.3, 0.4) is 0 Å². The van der Waals surface area contributed by atoms with Crippen LogP contribution in [0.25, 0.3) is 10.2 Å². The fourth-order valence-corrected chi connectivity index (χ4v) is 6.06. The highest BCUT2D eigenvalue weighted by molar-refractivity contribution is 7.88. The zero-order valence-corrected chi connectivity index (χ0v) is 17.5. The minimum atomic E-state index is -3.45. The van der Waals surface area contributed by atoms with Gasteiger partial charge in [-0.2, -0.15) is 4.31 Å². The molecule has 2 aliphatic heterocycles. The molecule has 0 aliphatic carbocycles. The Kier molecular flexibility index (Phi) is 5.69. The first-order chi connectivity index (χ1) is 13.4. The third kappa shape index (κ3) is 4.07. The lowest BCUT2D eigenvalue weighted by Crippen LogP contribution is -2.54. The Labute approximate surface area is 169 Å². The van der Waals surface area contributed by atoms with Gasteiger partial charge >= 0.3 is 0 Å². The van der Waals surface area contributed by atoms with Gasteiger partial charge < -0.3 is 4.74 Å². The van der Waals surface area contributed by atoms with Gasteiger partial charge in [-0.3, -0.25) is 9.69 Å². The SMILES string of the molecule is CS(=O)(=O)N1CCCCC1C(=O)N(CC1CCCO1)c1nc2ccccc2s1. The van der Waals surface area contributed by atoms with Crippen LogP contribution in [0.4, 0.5) is 5.13 Å². The Bertz CT molecular complexity index is 920. The van der Waals surface area contributed by atoms with Crippen molar-refractivity contribution in [1.82, 2.24) is 9.29 Å². The molecule has 2 aromatic rings. The van der Waals surface area contributed by atoms with Crippen molar-refractivity contribution in [3.8, 4) is 0 Å². The van der Waals surface area contributed by atoms with E-state index in [1.807, 2.05) is 24.3 Å². The molecule has 0 radical (unpaired) electrons. The molecule has 0 spiro atoms. The number of sulfonamides is 1. The molecule has 0 N–H and O–H groups in total. The van der Waals surface area contributed by atoms with Crippen LogP contribution in [0.2, 0.25) is 0 Å². The van der Waals surface area contributed by atoms with Crippen molar-refractivity contribution >= 4 is 42.6 Å². The number of anilines is 1. The second-order valence-electron chi connectivity index (χ2n) is 7.43. The molecule has 7 nitrogen and oxygen atoms in total. The van der Waals surface area contributed by atoms with Crippen molar-refractivity contribution in [1.29, 1.82) is 0 Å². The number of para-hydroxylation sites is 1. The van der Waals surface area contributed by atoms with Crippen molar-refractivity contribution in [2.24, 2.45) is 0 Å². The van der Waals surface area contributed by atoms with Gasteiger partial charge in [0.1, 0.15) is 6.04 Å². The van der Waals surface area contributed by atoms with E-state index in [1.54, 1.807) is 4.90 Å². The number of amides is 1. The number of piperidine rings is 1. The number of hydrogen-bond donors (Lipinski definition) is 0. The molecule has 3 heterocycles. The molecule has 1 aromatic carbocycles. The van der Waals surface area contributed by atoms with Crippen molar-refractivity contribution in [2.45, 2.75) is 44.2 Å². The van der Waals surface area contributed by atoms with Crippen LogP contribution in [0.5, 0.6) is 0 Å². The summed E-state index contributed by atoms with van der Waals surface area (Å²) in [5, 5.41) is 0.612. The van der Waals surface area contributed by atoms with E-state index in [-0.39, 0.29) is 12.0 Å². The highest BCUT2D eigenvalue weighted by Gasteiger charge is 2.39. The summed E-state index contributed by atoms with van der Waals surface area (Å²) in [4.78, 5) is 19.9. The van der Waals surface area contributed by atoms with E-state index in [2.05, 4.69) is 4.98 Å². The number of benzene rings is 1. The highest BCUT2D eigenvalue weighted by Crippen LogP contribution is 2.32. The van der Waals surface area contributed by atoms with E-state index >= 15 is 0 Å². The number of hydrogen-bond acceptors (Lipinski definition) is 6. The summed E-state index contributed by atoms with van der Waals surface area (Å²) >= 11 is 1.46. The number of fused-ring (bicyclic) bond motifs is 1. The van der Waals surface area contributed by atoms with Crippen molar-refractivity contribution in [2.75, 3.05) is 30.9 Å². The monoisotopic (exact) mass is 423 g/mol. The number of carbonyl (C=O) groups excluding carboxylic acids is 1.